The van der Waals surface area contributed by atoms with E-state index in [2.05, 4.69) is 35.6 Å². The second-order valence-electron chi connectivity index (χ2n) is 14.9. The van der Waals surface area contributed by atoms with Crippen LogP contribution in [0.4, 0.5) is 5.69 Å². The van der Waals surface area contributed by atoms with Gasteiger partial charge in [-0.1, -0.05) is 48.0 Å². The van der Waals surface area contributed by atoms with E-state index in [1.807, 2.05) is 26.0 Å². The molecule has 1 aliphatic heterocycles. The fourth-order valence-electron chi connectivity index (χ4n) is 8.91. The van der Waals surface area contributed by atoms with Crippen molar-refractivity contribution < 1.29 is 43.7 Å². The summed E-state index contributed by atoms with van der Waals surface area (Å²) in [5.74, 6) is -0.585. The Hall–Kier alpha value is -4.93. The number of fused-ring (bicyclic) bond motifs is 2. The Balaban J connectivity index is 1.58. The van der Waals surface area contributed by atoms with E-state index in [1.54, 1.807) is 35.2 Å². The third-order valence-electron chi connectivity index (χ3n) is 11.3. The zero-order valence-corrected chi connectivity index (χ0v) is 34.0. The number of ether oxygens (including phenoxy) is 5. The minimum Gasteiger partial charge on any atom is -0.490 e. The van der Waals surface area contributed by atoms with E-state index in [4.69, 9.17) is 33.7 Å². The topological polar surface area (TPSA) is 182 Å². The van der Waals surface area contributed by atoms with Crippen LogP contribution in [0.1, 0.15) is 93.9 Å². The lowest BCUT2D eigenvalue weighted by molar-refractivity contribution is -0.384. The van der Waals surface area contributed by atoms with Crippen molar-refractivity contribution in [2.24, 2.45) is 22.9 Å². The largest absolute Gasteiger partial charge is 0.490 e. The summed E-state index contributed by atoms with van der Waals surface area (Å²) in [5.41, 5.74) is 3.84. The smallest absolute Gasteiger partial charge is 0.269 e. The minimum absolute atomic E-state index is 0.0121. The third kappa shape index (κ3) is 9.60. The zero-order chi connectivity index (χ0) is 41.8. The number of rotatable bonds is 24. The molecule has 15 heteroatoms. The fraction of sp³-hybridized carbons (Fsp3) is 0.523. The van der Waals surface area contributed by atoms with Gasteiger partial charge in [0, 0.05) is 56.5 Å². The van der Waals surface area contributed by atoms with Crippen molar-refractivity contribution in [3.63, 3.8) is 0 Å². The summed E-state index contributed by atoms with van der Waals surface area (Å²) in [5, 5.41) is 45.0. The number of hydrogen-bond donors (Lipinski definition) is 2. The molecule has 15 nitrogen and oxygen atoms in total. The van der Waals surface area contributed by atoms with Crippen LogP contribution in [0.2, 0.25) is 0 Å². The lowest BCUT2D eigenvalue weighted by atomic mass is 9.55. The van der Waals surface area contributed by atoms with Gasteiger partial charge >= 0.3 is 0 Å². The van der Waals surface area contributed by atoms with Gasteiger partial charge in [0.2, 0.25) is 12.1 Å². The van der Waals surface area contributed by atoms with Crippen molar-refractivity contribution in [2.45, 2.75) is 89.4 Å². The number of benzene rings is 2. The third-order valence-corrected chi connectivity index (χ3v) is 11.3. The van der Waals surface area contributed by atoms with Gasteiger partial charge in [0.25, 0.3) is 5.69 Å². The predicted molar refractivity (Wildman–Crippen MR) is 220 cm³/mol. The van der Waals surface area contributed by atoms with Gasteiger partial charge in [0.15, 0.2) is 0 Å². The SMILES string of the molecule is C=CCOc1ccc2c(c1)C1C(CCCCO)C(CCCCO)C=C3C(=NOCc4ccc([N+](=O)[O-])cc4)CC(n4nncc4C(OCC)OCC)C(OCC=C)(O2)C31. The molecule has 2 heterocycles. The first-order valence-electron chi connectivity index (χ1n) is 20.6. The maximum atomic E-state index is 11.3. The van der Waals surface area contributed by atoms with E-state index in [1.165, 1.54) is 12.1 Å². The molecule has 59 heavy (non-hydrogen) atoms. The average Bonchev–Trinajstić information content (AvgIpc) is 3.73. The quantitative estimate of drug-likeness (QED) is 0.0299. The number of aliphatic hydroxyl groups excluding tert-OH is 2. The zero-order valence-electron chi connectivity index (χ0n) is 34.0. The first-order chi connectivity index (χ1) is 28.8. The van der Waals surface area contributed by atoms with Crippen molar-refractivity contribution in [3.8, 4) is 11.5 Å². The molecule has 0 bridgehead atoms. The standard InChI is InChI=1S/C44H57N5O10/c1-5-23-56-33-19-20-39-36(26-33)41-34(14-10-12-22-51)31(13-9-11-21-50)25-35-37(46-58-29-30-15-17-32(18-16-30)49(52)53)27-40(44(59-39,42(35)41)57-24-6-2)48-38(28-45-47-48)43(54-7-3)55-8-4/h5-6,15-20,25-26,28,31,34,40-43,50-51H,1-2,7-14,21-24,27,29H2,3-4H3. The second-order valence-corrected chi connectivity index (χ2v) is 14.9. The van der Waals surface area contributed by atoms with Gasteiger partial charge in [-0.25, -0.2) is 4.68 Å². The second kappa shape index (κ2) is 20.9. The van der Waals surface area contributed by atoms with Crippen molar-refractivity contribution in [2.75, 3.05) is 39.6 Å². The highest BCUT2D eigenvalue weighted by Crippen LogP contribution is 2.63. The van der Waals surface area contributed by atoms with E-state index in [-0.39, 0.29) is 56.3 Å². The van der Waals surface area contributed by atoms with Crippen LogP contribution in [0, 0.1) is 27.9 Å². The number of aromatic nitrogens is 3. The molecule has 318 valence electrons. The summed E-state index contributed by atoms with van der Waals surface area (Å²) in [6.07, 6.45) is 11.4. The summed E-state index contributed by atoms with van der Waals surface area (Å²) in [4.78, 5) is 17.0. The lowest BCUT2D eigenvalue weighted by Gasteiger charge is -2.58. The monoisotopic (exact) mass is 815 g/mol. The molecular formula is C44H57N5O10. The molecular weight excluding hydrogens is 759 g/mol. The van der Waals surface area contributed by atoms with Gasteiger partial charge in [-0.2, -0.15) is 0 Å². The van der Waals surface area contributed by atoms with Crippen LogP contribution in [-0.2, 0) is 25.7 Å². The molecule has 0 radical (unpaired) electrons. The number of non-ortho nitro benzene ring substituents is 1. The summed E-state index contributed by atoms with van der Waals surface area (Å²) >= 11 is 0. The molecule has 6 rings (SSSR count). The number of nitrogens with zero attached hydrogens (tertiary/aromatic N) is 5. The highest BCUT2D eigenvalue weighted by atomic mass is 16.7. The minimum atomic E-state index is -1.38. The molecule has 2 aliphatic carbocycles. The van der Waals surface area contributed by atoms with Gasteiger partial charge < -0.3 is 38.7 Å². The van der Waals surface area contributed by atoms with Crippen molar-refractivity contribution in [1.82, 2.24) is 15.0 Å². The molecule has 0 spiro atoms. The van der Waals surface area contributed by atoms with Crippen molar-refractivity contribution in [3.05, 3.63) is 113 Å². The molecule has 2 N–H and O–H groups in total. The Kier molecular flexibility index (Phi) is 15.4. The summed E-state index contributed by atoms with van der Waals surface area (Å²) in [6.45, 7) is 13.2. The highest BCUT2D eigenvalue weighted by molar-refractivity contribution is 6.02. The maximum absolute atomic E-state index is 11.3. The van der Waals surface area contributed by atoms with Gasteiger partial charge in [-0.3, -0.25) is 10.1 Å². The van der Waals surface area contributed by atoms with E-state index in [0.717, 1.165) is 36.8 Å². The van der Waals surface area contributed by atoms with Crippen molar-refractivity contribution in [1.29, 1.82) is 0 Å². The van der Waals surface area contributed by atoms with E-state index >= 15 is 0 Å². The van der Waals surface area contributed by atoms with E-state index in [9.17, 15) is 20.3 Å². The number of nitro groups is 1. The Bertz CT molecular complexity index is 1930. The molecule has 3 aromatic rings. The average molecular weight is 816 g/mol. The molecule has 0 amide bonds. The van der Waals surface area contributed by atoms with Gasteiger partial charge in [0.1, 0.15) is 36.4 Å². The first-order valence-corrected chi connectivity index (χ1v) is 20.6. The molecule has 0 saturated heterocycles. The van der Waals surface area contributed by atoms with Gasteiger partial charge in [-0.05, 0) is 92.8 Å². The molecule has 3 aliphatic rings. The van der Waals surface area contributed by atoms with Crippen LogP contribution in [0.3, 0.4) is 0 Å². The van der Waals surface area contributed by atoms with E-state index in [0.29, 0.717) is 61.1 Å². The first kappa shape index (κ1) is 43.6. The molecule has 1 fully saturated rings. The molecule has 1 aromatic heterocycles. The number of nitro benzene ring substituents is 1. The van der Waals surface area contributed by atoms with E-state index < -0.39 is 29.0 Å². The fourth-order valence-corrected chi connectivity index (χ4v) is 8.91. The Morgan fingerprint density at radius 1 is 1.03 bits per heavy atom. The molecule has 1 saturated carbocycles. The van der Waals surface area contributed by atoms with Crippen molar-refractivity contribution >= 4 is 11.4 Å². The number of allylic oxidation sites excluding steroid dienone is 1. The molecule has 2 aromatic carbocycles. The molecule has 6 unspecified atom stereocenters. The number of hydrogen-bond acceptors (Lipinski definition) is 13. The highest BCUT2D eigenvalue weighted by Gasteiger charge is 2.65. The Morgan fingerprint density at radius 3 is 2.44 bits per heavy atom. The lowest BCUT2D eigenvalue weighted by Crippen LogP contribution is -2.63. The maximum Gasteiger partial charge on any atom is 0.269 e. The molecule has 6 atom stereocenters. The van der Waals surface area contributed by atoms with Crippen LogP contribution in [0.15, 0.2) is 90.8 Å². The van der Waals surface area contributed by atoms with Crippen LogP contribution >= 0.6 is 0 Å². The normalized spacial score (nSPS) is 23.8. The number of oxime groups is 1. The summed E-state index contributed by atoms with van der Waals surface area (Å²) < 4.78 is 34.4. The van der Waals surface area contributed by atoms with Gasteiger partial charge in [0.05, 0.1) is 29.4 Å². The van der Waals surface area contributed by atoms with Crippen LogP contribution < -0.4 is 9.47 Å². The van der Waals surface area contributed by atoms with Crippen LogP contribution in [0.5, 0.6) is 11.5 Å². The van der Waals surface area contributed by atoms with Gasteiger partial charge in [-0.15, -0.1) is 11.7 Å². The predicted octanol–water partition coefficient (Wildman–Crippen LogP) is 7.53. The summed E-state index contributed by atoms with van der Waals surface area (Å²) in [7, 11) is 0. The number of unbranched alkanes of at least 4 members (excludes halogenated alkanes) is 2. The Morgan fingerprint density at radius 2 is 1.76 bits per heavy atom. The Labute approximate surface area is 345 Å². The van der Waals surface area contributed by atoms with Crippen LogP contribution in [-0.4, -0.2) is 81.3 Å². The number of aliphatic hydroxyl groups is 2. The summed E-state index contributed by atoms with van der Waals surface area (Å²) in [6, 6.07) is 11.4. The van der Waals surface area contributed by atoms with Crippen LogP contribution in [0.25, 0.3) is 0 Å².